The van der Waals surface area contributed by atoms with E-state index in [-0.39, 0.29) is 11.9 Å². The molecular weight excluding hydrogens is 272 g/mol. The zero-order valence-electron chi connectivity index (χ0n) is 9.20. The quantitative estimate of drug-likeness (QED) is 0.899. The number of carbonyl (C=O) groups excluding carboxylic acids is 1. The lowest BCUT2D eigenvalue weighted by molar-refractivity contribution is 0.0620. The number of hydrogen-bond acceptors (Lipinski definition) is 2. The highest BCUT2D eigenvalue weighted by molar-refractivity contribution is 9.10. The molecule has 1 atom stereocenters. The van der Waals surface area contributed by atoms with E-state index in [0.29, 0.717) is 12.3 Å². The van der Waals surface area contributed by atoms with Gasteiger partial charge in [0.25, 0.3) is 5.91 Å². The Morgan fingerprint density at radius 3 is 3.06 bits per heavy atom. The fourth-order valence-corrected chi connectivity index (χ4v) is 2.39. The predicted octanol–water partition coefficient (Wildman–Crippen LogP) is 1.70. The van der Waals surface area contributed by atoms with E-state index in [1.54, 1.807) is 0 Å². The number of nitrogens with zero attached hydrogens (tertiary/aromatic N) is 1. The van der Waals surface area contributed by atoms with Crippen LogP contribution in [0.3, 0.4) is 0 Å². The molecule has 0 aromatic carbocycles. The molecule has 1 aromatic heterocycles. The number of ether oxygens (including phenoxy) is 1. The van der Waals surface area contributed by atoms with E-state index in [2.05, 4.69) is 21.2 Å². The van der Waals surface area contributed by atoms with Crippen LogP contribution in [0.1, 0.15) is 23.3 Å². The first kappa shape index (κ1) is 11.7. The van der Waals surface area contributed by atoms with Gasteiger partial charge in [0.1, 0.15) is 5.69 Å². The lowest BCUT2D eigenvalue weighted by Crippen LogP contribution is -2.41. The second kappa shape index (κ2) is 5.01. The zero-order chi connectivity index (χ0) is 11.5. The van der Waals surface area contributed by atoms with Gasteiger partial charge in [-0.3, -0.25) is 4.79 Å². The van der Waals surface area contributed by atoms with Gasteiger partial charge in [-0.1, -0.05) is 0 Å². The molecule has 1 N–H and O–H groups in total. The number of halogens is 1. The summed E-state index contributed by atoms with van der Waals surface area (Å²) >= 11 is 3.35. The molecule has 4 nitrogen and oxygen atoms in total. The lowest BCUT2D eigenvalue weighted by atomic mass is 10.1. The van der Waals surface area contributed by atoms with Gasteiger partial charge < -0.3 is 14.6 Å². The third kappa shape index (κ3) is 2.65. The van der Waals surface area contributed by atoms with Gasteiger partial charge in [-0.05, 0) is 34.8 Å². The van der Waals surface area contributed by atoms with Crippen molar-refractivity contribution in [2.75, 3.05) is 13.2 Å². The summed E-state index contributed by atoms with van der Waals surface area (Å²) in [6.07, 6.45) is 3.88. The van der Waals surface area contributed by atoms with E-state index >= 15 is 0 Å². The Morgan fingerprint density at radius 1 is 1.69 bits per heavy atom. The molecule has 1 saturated heterocycles. The summed E-state index contributed by atoms with van der Waals surface area (Å²) < 4.78 is 8.05. The summed E-state index contributed by atoms with van der Waals surface area (Å²) in [7, 11) is 1.86. The summed E-state index contributed by atoms with van der Waals surface area (Å²) in [4.78, 5) is 11.9. The minimum absolute atomic E-state index is 0.0382. The molecule has 1 aliphatic heterocycles. The Kier molecular flexibility index (Phi) is 3.66. The van der Waals surface area contributed by atoms with E-state index in [1.165, 1.54) is 0 Å². The molecule has 2 rings (SSSR count). The molecule has 0 bridgehead atoms. The molecule has 0 saturated carbocycles. The van der Waals surface area contributed by atoms with Gasteiger partial charge in [0.2, 0.25) is 0 Å². The Bertz CT molecular complexity index is 383. The normalized spacial score (nSPS) is 20.8. The number of rotatable bonds is 2. The van der Waals surface area contributed by atoms with Crippen molar-refractivity contribution in [3.63, 3.8) is 0 Å². The van der Waals surface area contributed by atoms with Crippen molar-refractivity contribution >= 4 is 21.8 Å². The summed E-state index contributed by atoms with van der Waals surface area (Å²) in [5, 5.41) is 2.98. The van der Waals surface area contributed by atoms with Crippen LogP contribution >= 0.6 is 15.9 Å². The highest BCUT2D eigenvalue weighted by atomic mass is 79.9. The fourth-order valence-electron chi connectivity index (χ4n) is 1.86. The van der Waals surface area contributed by atoms with E-state index in [0.717, 1.165) is 23.9 Å². The molecule has 1 aliphatic rings. The molecule has 1 aromatic rings. The van der Waals surface area contributed by atoms with Crippen LogP contribution in [-0.2, 0) is 11.8 Å². The van der Waals surface area contributed by atoms with Gasteiger partial charge in [0.05, 0.1) is 12.6 Å². The summed E-state index contributed by atoms with van der Waals surface area (Å²) in [5.41, 5.74) is 0.664. The lowest BCUT2D eigenvalue weighted by Gasteiger charge is -2.23. The number of carbonyl (C=O) groups is 1. The Balaban J connectivity index is 1.99. The van der Waals surface area contributed by atoms with Gasteiger partial charge in [-0.2, -0.15) is 0 Å². The van der Waals surface area contributed by atoms with Crippen molar-refractivity contribution in [1.82, 2.24) is 9.88 Å². The van der Waals surface area contributed by atoms with Crippen molar-refractivity contribution in [2.45, 2.75) is 18.9 Å². The zero-order valence-corrected chi connectivity index (χ0v) is 10.8. The van der Waals surface area contributed by atoms with Crippen LogP contribution in [0.5, 0.6) is 0 Å². The molecule has 0 aliphatic carbocycles. The number of amides is 1. The van der Waals surface area contributed by atoms with Crippen LogP contribution in [0.15, 0.2) is 16.7 Å². The standard InChI is InChI=1S/C11H15BrN2O2/c1-14-6-8(12)5-10(14)11(15)13-9-3-2-4-16-7-9/h5-6,9H,2-4,7H2,1H3,(H,13,15). The number of hydrogen-bond donors (Lipinski definition) is 1. The van der Waals surface area contributed by atoms with Crippen LogP contribution in [0.2, 0.25) is 0 Å². The molecule has 1 amide bonds. The third-order valence-electron chi connectivity index (χ3n) is 2.70. The Hall–Kier alpha value is -0.810. The molecule has 1 fully saturated rings. The third-order valence-corrected chi connectivity index (χ3v) is 3.13. The number of nitrogens with one attached hydrogen (secondary N) is 1. The Labute approximate surface area is 103 Å². The molecule has 1 unspecified atom stereocenters. The molecule has 2 heterocycles. The maximum Gasteiger partial charge on any atom is 0.268 e. The Morgan fingerprint density at radius 2 is 2.50 bits per heavy atom. The van der Waals surface area contributed by atoms with Crippen molar-refractivity contribution in [3.05, 3.63) is 22.4 Å². The fraction of sp³-hybridized carbons (Fsp3) is 0.545. The van der Waals surface area contributed by atoms with E-state index in [4.69, 9.17) is 4.74 Å². The van der Waals surface area contributed by atoms with Gasteiger partial charge in [-0.25, -0.2) is 0 Å². The van der Waals surface area contributed by atoms with Crippen LogP contribution in [0, 0.1) is 0 Å². The second-order valence-corrected chi connectivity index (χ2v) is 4.96. The maximum absolute atomic E-state index is 11.9. The first-order chi connectivity index (χ1) is 7.66. The number of aromatic nitrogens is 1. The van der Waals surface area contributed by atoms with E-state index in [1.807, 2.05) is 23.9 Å². The second-order valence-electron chi connectivity index (χ2n) is 4.04. The molecule has 88 valence electrons. The minimum atomic E-state index is -0.0382. The molecule has 5 heteroatoms. The van der Waals surface area contributed by atoms with Gasteiger partial charge >= 0.3 is 0 Å². The van der Waals surface area contributed by atoms with Crippen molar-refractivity contribution in [2.24, 2.45) is 7.05 Å². The largest absolute Gasteiger partial charge is 0.379 e. The van der Waals surface area contributed by atoms with Gasteiger partial charge in [0, 0.05) is 24.3 Å². The highest BCUT2D eigenvalue weighted by Crippen LogP contribution is 2.14. The topological polar surface area (TPSA) is 43.3 Å². The molecular formula is C11H15BrN2O2. The van der Waals surface area contributed by atoms with Crippen molar-refractivity contribution in [3.8, 4) is 0 Å². The van der Waals surface area contributed by atoms with Crippen molar-refractivity contribution < 1.29 is 9.53 Å². The van der Waals surface area contributed by atoms with E-state index < -0.39 is 0 Å². The first-order valence-electron chi connectivity index (χ1n) is 5.37. The molecule has 16 heavy (non-hydrogen) atoms. The minimum Gasteiger partial charge on any atom is -0.379 e. The van der Waals surface area contributed by atoms with Crippen LogP contribution < -0.4 is 5.32 Å². The van der Waals surface area contributed by atoms with Gasteiger partial charge in [0.15, 0.2) is 0 Å². The van der Waals surface area contributed by atoms with E-state index in [9.17, 15) is 4.79 Å². The van der Waals surface area contributed by atoms with Crippen molar-refractivity contribution in [1.29, 1.82) is 0 Å². The first-order valence-corrected chi connectivity index (χ1v) is 6.16. The average molecular weight is 287 g/mol. The van der Waals surface area contributed by atoms with Gasteiger partial charge in [-0.15, -0.1) is 0 Å². The predicted molar refractivity (Wildman–Crippen MR) is 64.4 cm³/mol. The SMILES string of the molecule is Cn1cc(Br)cc1C(=O)NC1CCCOC1. The summed E-state index contributed by atoms with van der Waals surface area (Å²) in [5.74, 6) is -0.0382. The number of aryl methyl sites for hydroxylation is 1. The summed E-state index contributed by atoms with van der Waals surface area (Å²) in [6.45, 7) is 1.43. The highest BCUT2D eigenvalue weighted by Gasteiger charge is 2.18. The van der Waals surface area contributed by atoms with Crippen LogP contribution in [0.4, 0.5) is 0 Å². The smallest absolute Gasteiger partial charge is 0.268 e. The molecule has 0 radical (unpaired) electrons. The average Bonchev–Trinajstić information content (AvgIpc) is 2.59. The van der Waals surface area contributed by atoms with Crippen LogP contribution in [0.25, 0.3) is 0 Å². The monoisotopic (exact) mass is 286 g/mol. The maximum atomic E-state index is 11.9. The summed E-state index contributed by atoms with van der Waals surface area (Å²) in [6, 6.07) is 1.97. The molecule has 0 spiro atoms. The van der Waals surface area contributed by atoms with Crippen LogP contribution in [-0.4, -0.2) is 29.7 Å².